The summed E-state index contributed by atoms with van der Waals surface area (Å²) in [5.41, 5.74) is 0.704. The highest BCUT2D eigenvalue weighted by molar-refractivity contribution is 7.92. The zero-order chi connectivity index (χ0) is 22.4. The highest BCUT2D eigenvalue weighted by atomic mass is 35.5. The monoisotopic (exact) mass is 483 g/mol. The van der Waals surface area contributed by atoms with Gasteiger partial charge in [0.1, 0.15) is 0 Å². The minimum Gasteiger partial charge on any atom is -0.349 e. The van der Waals surface area contributed by atoms with Gasteiger partial charge in [0.05, 0.1) is 14.9 Å². The zero-order valence-corrected chi connectivity index (χ0v) is 19.7. The van der Waals surface area contributed by atoms with Crippen LogP contribution in [0.1, 0.15) is 43.0 Å². The van der Waals surface area contributed by atoms with Gasteiger partial charge in [-0.05, 0) is 62.2 Å². The van der Waals surface area contributed by atoms with E-state index in [1.807, 2.05) is 0 Å². The lowest BCUT2D eigenvalue weighted by Crippen LogP contribution is -2.44. The molecule has 1 fully saturated rings. The Morgan fingerprint density at radius 2 is 1.84 bits per heavy atom. The maximum Gasteiger partial charge on any atom is 0.261 e. The molecule has 0 spiro atoms. The Balaban J connectivity index is 1.62. The molecule has 168 valence electrons. The van der Waals surface area contributed by atoms with E-state index in [4.69, 9.17) is 23.2 Å². The van der Waals surface area contributed by atoms with Crippen molar-refractivity contribution in [2.24, 2.45) is 0 Å². The van der Waals surface area contributed by atoms with Crippen molar-refractivity contribution < 1.29 is 13.2 Å². The summed E-state index contributed by atoms with van der Waals surface area (Å²) < 4.78 is 27.8. The maximum absolute atomic E-state index is 12.7. The topological polar surface area (TPSA) is 78.5 Å². The molecule has 2 N–H and O–H groups in total. The second-order valence-corrected chi connectivity index (χ2v) is 10.2. The van der Waals surface area contributed by atoms with Gasteiger partial charge in [-0.1, -0.05) is 42.6 Å². The van der Waals surface area contributed by atoms with E-state index >= 15 is 0 Å². The number of piperidine rings is 1. The van der Waals surface area contributed by atoms with Crippen molar-refractivity contribution >= 4 is 44.8 Å². The van der Waals surface area contributed by atoms with Gasteiger partial charge in [-0.3, -0.25) is 9.52 Å². The molecule has 2 aromatic carbocycles. The van der Waals surface area contributed by atoms with Gasteiger partial charge in [0.2, 0.25) is 0 Å². The molecule has 6 nitrogen and oxygen atoms in total. The van der Waals surface area contributed by atoms with Gasteiger partial charge in [-0.15, -0.1) is 0 Å². The van der Waals surface area contributed by atoms with Crippen molar-refractivity contribution in [2.75, 3.05) is 24.4 Å². The molecule has 0 unspecified atom stereocenters. The van der Waals surface area contributed by atoms with Crippen LogP contribution in [-0.4, -0.2) is 44.9 Å². The smallest absolute Gasteiger partial charge is 0.261 e. The van der Waals surface area contributed by atoms with E-state index in [0.717, 1.165) is 32.5 Å². The summed E-state index contributed by atoms with van der Waals surface area (Å²) in [6.45, 7) is 5.26. The Morgan fingerprint density at radius 3 is 2.52 bits per heavy atom. The third-order valence-electron chi connectivity index (χ3n) is 5.33. The largest absolute Gasteiger partial charge is 0.349 e. The molecule has 0 bridgehead atoms. The van der Waals surface area contributed by atoms with E-state index in [1.54, 1.807) is 18.2 Å². The van der Waals surface area contributed by atoms with Crippen molar-refractivity contribution in [3.8, 4) is 0 Å². The van der Waals surface area contributed by atoms with Gasteiger partial charge in [0, 0.05) is 30.4 Å². The highest BCUT2D eigenvalue weighted by Crippen LogP contribution is 2.26. The van der Waals surface area contributed by atoms with E-state index in [0.29, 0.717) is 11.3 Å². The summed E-state index contributed by atoms with van der Waals surface area (Å²) in [6, 6.07) is 10.7. The SMILES string of the molecule is CCCCN1CCC(NC(=O)c2cccc(NS(=O)(=O)c3ccc(Cl)c(Cl)c3)c2)CC1. The Labute approximate surface area is 194 Å². The number of anilines is 1. The van der Waals surface area contributed by atoms with Crippen molar-refractivity contribution in [2.45, 2.75) is 43.5 Å². The van der Waals surface area contributed by atoms with Crippen LogP contribution in [0.2, 0.25) is 10.0 Å². The van der Waals surface area contributed by atoms with Gasteiger partial charge in [0.25, 0.3) is 15.9 Å². The number of likely N-dealkylation sites (tertiary alicyclic amines) is 1. The molecular weight excluding hydrogens is 457 g/mol. The normalized spacial score (nSPS) is 15.6. The van der Waals surface area contributed by atoms with Gasteiger partial charge in [-0.25, -0.2) is 8.42 Å². The second kappa shape index (κ2) is 10.7. The predicted molar refractivity (Wildman–Crippen MR) is 126 cm³/mol. The number of nitrogens with zero attached hydrogens (tertiary/aromatic N) is 1. The van der Waals surface area contributed by atoms with Crippen LogP contribution in [0.5, 0.6) is 0 Å². The number of hydrogen-bond acceptors (Lipinski definition) is 4. The first-order valence-corrected chi connectivity index (χ1v) is 12.6. The molecule has 0 aromatic heterocycles. The van der Waals surface area contributed by atoms with Crippen molar-refractivity contribution in [1.29, 1.82) is 0 Å². The number of halogens is 2. The zero-order valence-electron chi connectivity index (χ0n) is 17.4. The van der Waals surface area contributed by atoms with Crippen LogP contribution >= 0.6 is 23.2 Å². The molecule has 3 rings (SSSR count). The molecule has 1 heterocycles. The minimum atomic E-state index is -3.87. The fraction of sp³-hybridized carbons (Fsp3) is 0.409. The average molecular weight is 484 g/mol. The van der Waals surface area contributed by atoms with E-state index in [-0.39, 0.29) is 26.9 Å². The summed E-state index contributed by atoms with van der Waals surface area (Å²) in [4.78, 5) is 15.1. The number of carbonyl (C=O) groups is 1. The number of amides is 1. The Hall–Kier alpha value is -1.80. The first-order chi connectivity index (χ1) is 14.8. The molecule has 0 radical (unpaired) electrons. The summed E-state index contributed by atoms with van der Waals surface area (Å²) in [5, 5.41) is 3.50. The molecule has 0 atom stereocenters. The Morgan fingerprint density at radius 1 is 1.10 bits per heavy atom. The molecular formula is C22H27Cl2N3O3S. The standard InChI is InChI=1S/C22H27Cl2N3O3S/c1-2-3-11-27-12-9-17(10-13-27)25-22(28)16-5-4-6-18(14-16)26-31(29,30)19-7-8-20(23)21(24)15-19/h4-8,14-15,17,26H,2-3,9-13H2,1H3,(H,25,28). The predicted octanol–water partition coefficient (Wildman–Crippen LogP) is 4.79. The van der Waals surface area contributed by atoms with E-state index in [9.17, 15) is 13.2 Å². The van der Waals surface area contributed by atoms with Crippen molar-refractivity contribution in [1.82, 2.24) is 10.2 Å². The molecule has 1 aliphatic heterocycles. The molecule has 0 saturated carbocycles. The quantitative estimate of drug-likeness (QED) is 0.565. The lowest BCUT2D eigenvalue weighted by atomic mass is 10.0. The third-order valence-corrected chi connectivity index (χ3v) is 7.45. The lowest BCUT2D eigenvalue weighted by Gasteiger charge is -2.32. The van der Waals surface area contributed by atoms with Crippen LogP contribution in [0.25, 0.3) is 0 Å². The molecule has 1 saturated heterocycles. The number of benzene rings is 2. The second-order valence-electron chi connectivity index (χ2n) is 7.71. The number of carbonyl (C=O) groups excluding carboxylic acids is 1. The van der Waals surface area contributed by atoms with Crippen molar-refractivity contribution in [3.05, 3.63) is 58.1 Å². The van der Waals surface area contributed by atoms with Gasteiger partial charge >= 0.3 is 0 Å². The van der Waals surface area contributed by atoms with E-state index in [1.165, 1.54) is 37.1 Å². The number of hydrogen-bond donors (Lipinski definition) is 2. The van der Waals surface area contributed by atoms with E-state index in [2.05, 4.69) is 21.9 Å². The van der Waals surface area contributed by atoms with Crippen molar-refractivity contribution in [3.63, 3.8) is 0 Å². The Bertz CT molecular complexity index is 1020. The van der Waals surface area contributed by atoms with E-state index < -0.39 is 10.0 Å². The number of rotatable bonds is 8. The number of unbranched alkanes of at least 4 members (excludes halogenated alkanes) is 1. The number of sulfonamides is 1. The summed E-state index contributed by atoms with van der Waals surface area (Å²) in [6.07, 6.45) is 4.21. The summed E-state index contributed by atoms with van der Waals surface area (Å²) in [5.74, 6) is -0.206. The van der Waals surface area contributed by atoms with Crippen LogP contribution in [-0.2, 0) is 10.0 Å². The number of nitrogens with one attached hydrogen (secondary N) is 2. The van der Waals surface area contributed by atoms with Crippen LogP contribution in [0, 0.1) is 0 Å². The minimum absolute atomic E-state index is 0.00779. The van der Waals surface area contributed by atoms with Gasteiger partial charge in [-0.2, -0.15) is 0 Å². The third kappa shape index (κ3) is 6.59. The average Bonchev–Trinajstić information content (AvgIpc) is 2.75. The molecule has 1 amide bonds. The first-order valence-electron chi connectivity index (χ1n) is 10.4. The van der Waals surface area contributed by atoms with Crippen LogP contribution in [0.3, 0.4) is 0 Å². The fourth-order valence-electron chi connectivity index (χ4n) is 3.53. The highest BCUT2D eigenvalue weighted by Gasteiger charge is 2.21. The fourth-order valence-corrected chi connectivity index (χ4v) is 4.97. The first kappa shape index (κ1) is 23.9. The summed E-state index contributed by atoms with van der Waals surface area (Å²) >= 11 is 11.8. The molecule has 1 aliphatic rings. The van der Waals surface area contributed by atoms with Crippen LogP contribution in [0.15, 0.2) is 47.4 Å². The van der Waals surface area contributed by atoms with Crippen LogP contribution < -0.4 is 10.0 Å². The molecule has 31 heavy (non-hydrogen) atoms. The molecule has 0 aliphatic carbocycles. The molecule has 2 aromatic rings. The Kier molecular flexibility index (Phi) is 8.22. The summed E-state index contributed by atoms with van der Waals surface area (Å²) in [7, 11) is -3.87. The van der Waals surface area contributed by atoms with Crippen LogP contribution in [0.4, 0.5) is 5.69 Å². The maximum atomic E-state index is 12.7. The van der Waals surface area contributed by atoms with Gasteiger partial charge < -0.3 is 10.2 Å². The molecule has 9 heteroatoms. The van der Waals surface area contributed by atoms with Gasteiger partial charge in [0.15, 0.2) is 0 Å². The lowest BCUT2D eigenvalue weighted by molar-refractivity contribution is 0.0911.